The van der Waals surface area contributed by atoms with Crippen LogP contribution in [0.25, 0.3) is 10.6 Å². The Kier molecular flexibility index (Phi) is 5.49. The lowest BCUT2D eigenvalue weighted by atomic mass is 10.0. The Balaban J connectivity index is 1.83. The highest BCUT2D eigenvalue weighted by molar-refractivity contribution is 7.14. The van der Waals surface area contributed by atoms with E-state index >= 15 is 0 Å². The fourth-order valence-corrected chi connectivity index (χ4v) is 3.73. The first-order valence-corrected chi connectivity index (χ1v) is 9.26. The second-order valence-corrected chi connectivity index (χ2v) is 7.07. The topological polar surface area (TPSA) is 115 Å². The van der Waals surface area contributed by atoms with Crippen molar-refractivity contribution in [2.24, 2.45) is 5.73 Å². The van der Waals surface area contributed by atoms with Gasteiger partial charge in [0.15, 0.2) is 0 Å². The van der Waals surface area contributed by atoms with Gasteiger partial charge in [-0.1, -0.05) is 40.9 Å². The molecule has 2 amide bonds. The number of carbonyl (C=O) groups excluding carboxylic acids is 3. The summed E-state index contributed by atoms with van der Waals surface area (Å²) in [4.78, 5) is 37.3. The second kappa shape index (κ2) is 7.98. The summed E-state index contributed by atoms with van der Waals surface area (Å²) in [5.41, 5.74) is 6.38. The highest BCUT2D eigenvalue weighted by atomic mass is 32.1. The third kappa shape index (κ3) is 4.01. The van der Waals surface area contributed by atoms with E-state index in [-0.39, 0.29) is 11.3 Å². The molecule has 2 aromatic heterocycles. The molecular weight excluding hydrogens is 372 g/mol. The van der Waals surface area contributed by atoms with Gasteiger partial charge in [0.25, 0.3) is 11.8 Å². The number of rotatable bonds is 7. The van der Waals surface area contributed by atoms with E-state index in [1.807, 2.05) is 35.7 Å². The van der Waals surface area contributed by atoms with Gasteiger partial charge in [-0.3, -0.25) is 14.4 Å². The fraction of sp³-hybridized carbons (Fsp3) is 0.118. The number of nitrogens with zero attached hydrogens (tertiary/aromatic N) is 2. The number of nitrogens with one attached hydrogen (secondary N) is 1. The summed E-state index contributed by atoms with van der Waals surface area (Å²) in [6.07, 6.45) is 0.162. The zero-order valence-corrected chi connectivity index (χ0v) is 15.0. The Morgan fingerprint density at radius 1 is 1.12 bits per heavy atom. The number of nitrogens with two attached hydrogens (primary N) is 1. The number of Topliss-reactive ketones (excluding diaryl/α,β-unsaturated/α-hetero) is 1. The SMILES string of the molecule is NC(=O)C(=O)C(Cc1ccccc1)NC(=O)c1snnc1-c1cccs1. The van der Waals surface area contributed by atoms with Crippen molar-refractivity contribution in [3.8, 4) is 10.6 Å². The average molecular weight is 386 g/mol. The molecule has 3 rings (SSSR count). The van der Waals surface area contributed by atoms with Crippen LogP contribution in [0.1, 0.15) is 15.2 Å². The van der Waals surface area contributed by atoms with Crippen molar-refractivity contribution < 1.29 is 14.4 Å². The quantitative estimate of drug-likeness (QED) is 0.599. The van der Waals surface area contributed by atoms with Crippen LogP contribution in [-0.2, 0) is 16.0 Å². The Bertz CT molecular complexity index is 923. The maximum atomic E-state index is 12.7. The highest BCUT2D eigenvalue weighted by Gasteiger charge is 2.28. The molecule has 0 fully saturated rings. The van der Waals surface area contributed by atoms with Crippen LogP contribution in [0, 0.1) is 0 Å². The molecule has 0 saturated carbocycles. The molecule has 0 aliphatic rings. The van der Waals surface area contributed by atoms with Crippen LogP contribution in [0.2, 0.25) is 0 Å². The average Bonchev–Trinajstić information content (AvgIpc) is 3.32. The molecular formula is C17H14N4O3S2. The third-order valence-electron chi connectivity index (χ3n) is 3.60. The molecule has 26 heavy (non-hydrogen) atoms. The maximum Gasteiger partial charge on any atom is 0.287 e. The number of ketones is 1. The summed E-state index contributed by atoms with van der Waals surface area (Å²) in [6, 6.07) is 11.7. The normalized spacial score (nSPS) is 11.7. The first-order valence-electron chi connectivity index (χ1n) is 7.61. The molecule has 2 heterocycles. The van der Waals surface area contributed by atoms with Crippen LogP contribution >= 0.6 is 22.9 Å². The summed E-state index contributed by atoms with van der Waals surface area (Å²) in [6.45, 7) is 0. The van der Waals surface area contributed by atoms with Crippen LogP contribution in [-0.4, -0.2) is 33.2 Å². The standard InChI is InChI=1S/C17H14N4O3S2/c18-16(23)14(22)11(9-10-5-2-1-3-6-10)19-17(24)15-13(20-21-26-15)12-7-4-8-25-12/h1-8,11H,9H2,(H2,18,23)(H,19,24). The van der Waals surface area contributed by atoms with E-state index in [0.29, 0.717) is 5.69 Å². The number of amides is 2. The molecule has 9 heteroatoms. The molecule has 3 aromatic rings. The zero-order valence-electron chi connectivity index (χ0n) is 13.4. The Labute approximate surface area is 157 Å². The van der Waals surface area contributed by atoms with Crippen LogP contribution in [0.4, 0.5) is 0 Å². The summed E-state index contributed by atoms with van der Waals surface area (Å²) < 4.78 is 3.83. The van der Waals surface area contributed by atoms with E-state index in [1.54, 1.807) is 12.1 Å². The van der Waals surface area contributed by atoms with Gasteiger partial charge in [-0.25, -0.2) is 0 Å². The maximum absolute atomic E-state index is 12.7. The van der Waals surface area contributed by atoms with Crippen LogP contribution in [0.5, 0.6) is 0 Å². The van der Waals surface area contributed by atoms with Gasteiger partial charge in [0.2, 0.25) is 5.78 Å². The molecule has 0 spiro atoms. The van der Waals surface area contributed by atoms with Crippen LogP contribution < -0.4 is 11.1 Å². The monoisotopic (exact) mass is 386 g/mol. The van der Waals surface area contributed by atoms with Crippen molar-refractivity contribution in [1.29, 1.82) is 0 Å². The predicted molar refractivity (Wildman–Crippen MR) is 98.8 cm³/mol. The zero-order chi connectivity index (χ0) is 18.5. The number of thiophene rings is 1. The lowest BCUT2D eigenvalue weighted by molar-refractivity contribution is -0.137. The summed E-state index contributed by atoms with van der Waals surface area (Å²) in [7, 11) is 0. The van der Waals surface area contributed by atoms with Crippen molar-refractivity contribution in [3.05, 3.63) is 58.3 Å². The van der Waals surface area contributed by atoms with Gasteiger partial charge in [-0.15, -0.1) is 16.4 Å². The molecule has 0 saturated heterocycles. The smallest absolute Gasteiger partial charge is 0.287 e. The van der Waals surface area contributed by atoms with Gasteiger partial charge in [-0.2, -0.15) is 0 Å². The number of benzene rings is 1. The van der Waals surface area contributed by atoms with Crippen molar-refractivity contribution >= 4 is 40.5 Å². The van der Waals surface area contributed by atoms with Crippen molar-refractivity contribution in [1.82, 2.24) is 14.9 Å². The predicted octanol–water partition coefficient (Wildman–Crippen LogP) is 1.66. The molecule has 0 radical (unpaired) electrons. The second-order valence-electron chi connectivity index (χ2n) is 5.37. The van der Waals surface area contributed by atoms with Gasteiger partial charge in [0.05, 0.1) is 4.88 Å². The van der Waals surface area contributed by atoms with Crippen molar-refractivity contribution in [2.45, 2.75) is 12.5 Å². The Morgan fingerprint density at radius 2 is 1.88 bits per heavy atom. The summed E-state index contributed by atoms with van der Waals surface area (Å²) in [5, 5.41) is 8.46. The number of aromatic nitrogens is 2. The lowest BCUT2D eigenvalue weighted by Crippen LogP contribution is -2.47. The van der Waals surface area contributed by atoms with Gasteiger partial charge in [0, 0.05) is 6.42 Å². The number of primary amides is 1. The molecule has 0 bridgehead atoms. The molecule has 0 aliphatic carbocycles. The van der Waals surface area contributed by atoms with E-state index in [4.69, 9.17) is 5.73 Å². The molecule has 1 aromatic carbocycles. The number of hydrogen-bond donors (Lipinski definition) is 2. The fourth-order valence-electron chi connectivity index (χ4n) is 2.37. The molecule has 7 nitrogen and oxygen atoms in total. The van der Waals surface area contributed by atoms with Gasteiger partial charge in [-0.05, 0) is 28.5 Å². The van der Waals surface area contributed by atoms with E-state index in [2.05, 4.69) is 14.9 Å². The molecule has 132 valence electrons. The number of carbonyl (C=O) groups is 3. The van der Waals surface area contributed by atoms with Crippen molar-refractivity contribution in [2.75, 3.05) is 0 Å². The molecule has 1 atom stereocenters. The third-order valence-corrected chi connectivity index (χ3v) is 5.20. The number of hydrogen-bond acceptors (Lipinski definition) is 7. The van der Waals surface area contributed by atoms with Crippen LogP contribution in [0.3, 0.4) is 0 Å². The molecule has 3 N–H and O–H groups in total. The summed E-state index contributed by atoms with van der Waals surface area (Å²) in [5.74, 6) is -2.46. The van der Waals surface area contributed by atoms with Crippen LogP contribution in [0.15, 0.2) is 47.8 Å². The minimum absolute atomic E-state index is 0.162. The van der Waals surface area contributed by atoms with Gasteiger partial charge < -0.3 is 11.1 Å². The lowest BCUT2D eigenvalue weighted by Gasteiger charge is -2.16. The van der Waals surface area contributed by atoms with E-state index in [1.165, 1.54) is 11.3 Å². The highest BCUT2D eigenvalue weighted by Crippen LogP contribution is 2.27. The van der Waals surface area contributed by atoms with E-state index in [0.717, 1.165) is 22.0 Å². The Hall–Kier alpha value is -2.91. The van der Waals surface area contributed by atoms with E-state index < -0.39 is 23.6 Å². The first kappa shape index (κ1) is 17.9. The van der Waals surface area contributed by atoms with E-state index in [9.17, 15) is 14.4 Å². The molecule has 1 unspecified atom stereocenters. The largest absolute Gasteiger partial charge is 0.363 e. The molecule has 0 aliphatic heterocycles. The van der Waals surface area contributed by atoms with Gasteiger partial charge in [0.1, 0.15) is 16.6 Å². The summed E-state index contributed by atoms with van der Waals surface area (Å²) >= 11 is 2.36. The van der Waals surface area contributed by atoms with Crippen molar-refractivity contribution in [3.63, 3.8) is 0 Å². The Morgan fingerprint density at radius 3 is 2.54 bits per heavy atom. The minimum atomic E-state index is -1.09. The van der Waals surface area contributed by atoms with Gasteiger partial charge >= 0.3 is 0 Å². The minimum Gasteiger partial charge on any atom is -0.363 e. The first-order chi connectivity index (χ1) is 12.6.